The van der Waals surface area contributed by atoms with E-state index in [1.165, 1.54) is 25.8 Å². The lowest BCUT2D eigenvalue weighted by Gasteiger charge is -2.30. The molecular formula is C17H24N2O. The summed E-state index contributed by atoms with van der Waals surface area (Å²) in [5.41, 5.74) is 3.10. The lowest BCUT2D eigenvalue weighted by atomic mass is 9.83. The Kier molecular flexibility index (Phi) is 4.36. The summed E-state index contributed by atoms with van der Waals surface area (Å²) in [6.07, 6.45) is 5.88. The molecule has 3 nitrogen and oxygen atoms in total. The van der Waals surface area contributed by atoms with E-state index in [0.29, 0.717) is 0 Å². The molecule has 1 saturated heterocycles. The maximum Gasteiger partial charge on any atom is 0.209 e. The average molecular weight is 272 g/mol. The van der Waals surface area contributed by atoms with Gasteiger partial charge in [-0.25, -0.2) is 0 Å². The van der Waals surface area contributed by atoms with E-state index in [2.05, 4.69) is 29.2 Å². The summed E-state index contributed by atoms with van der Waals surface area (Å²) in [4.78, 5) is 15.3. The Morgan fingerprint density at radius 2 is 1.95 bits per heavy atom. The van der Waals surface area contributed by atoms with Crippen molar-refractivity contribution >= 4 is 6.41 Å². The van der Waals surface area contributed by atoms with Crippen LogP contribution in [0.4, 0.5) is 0 Å². The van der Waals surface area contributed by atoms with Gasteiger partial charge in [-0.1, -0.05) is 24.3 Å². The molecule has 1 unspecified atom stereocenters. The van der Waals surface area contributed by atoms with Crippen molar-refractivity contribution in [3.8, 4) is 0 Å². The Morgan fingerprint density at radius 1 is 1.10 bits per heavy atom. The van der Waals surface area contributed by atoms with Crippen molar-refractivity contribution in [1.82, 2.24) is 9.80 Å². The maximum atomic E-state index is 10.9. The van der Waals surface area contributed by atoms with Gasteiger partial charge in [0.2, 0.25) is 6.41 Å². The van der Waals surface area contributed by atoms with Gasteiger partial charge in [-0.15, -0.1) is 0 Å². The third-order valence-corrected chi connectivity index (χ3v) is 4.74. The topological polar surface area (TPSA) is 23.6 Å². The van der Waals surface area contributed by atoms with Gasteiger partial charge < -0.3 is 9.80 Å². The minimum absolute atomic E-state index is 0.785. The Balaban J connectivity index is 1.55. The van der Waals surface area contributed by atoms with Crippen molar-refractivity contribution in [2.24, 2.45) is 5.92 Å². The Morgan fingerprint density at radius 3 is 2.80 bits per heavy atom. The molecule has 1 aliphatic heterocycles. The van der Waals surface area contributed by atoms with Crippen LogP contribution in [0.5, 0.6) is 0 Å². The summed E-state index contributed by atoms with van der Waals surface area (Å²) in [6, 6.07) is 8.88. The molecule has 1 fully saturated rings. The largest absolute Gasteiger partial charge is 0.344 e. The molecule has 0 saturated carbocycles. The highest BCUT2D eigenvalue weighted by molar-refractivity contribution is 5.46. The lowest BCUT2D eigenvalue weighted by Crippen LogP contribution is -2.35. The smallest absolute Gasteiger partial charge is 0.209 e. The van der Waals surface area contributed by atoms with Crippen LogP contribution in [0.3, 0.4) is 0 Å². The molecule has 0 N–H and O–H groups in total. The maximum absolute atomic E-state index is 10.9. The fourth-order valence-electron chi connectivity index (χ4n) is 3.57. The molecule has 20 heavy (non-hydrogen) atoms. The minimum atomic E-state index is 0.785. The van der Waals surface area contributed by atoms with E-state index in [4.69, 9.17) is 0 Å². The van der Waals surface area contributed by atoms with Gasteiger partial charge in [0.05, 0.1) is 0 Å². The van der Waals surface area contributed by atoms with Crippen LogP contribution in [0.15, 0.2) is 24.3 Å². The number of amides is 1. The molecule has 1 aliphatic carbocycles. The lowest BCUT2D eigenvalue weighted by molar-refractivity contribution is -0.118. The first-order valence-corrected chi connectivity index (χ1v) is 7.83. The highest BCUT2D eigenvalue weighted by atomic mass is 16.1. The number of aryl methyl sites for hydroxylation is 1. The van der Waals surface area contributed by atoms with Crippen molar-refractivity contribution in [3.63, 3.8) is 0 Å². The van der Waals surface area contributed by atoms with E-state index in [1.54, 1.807) is 11.1 Å². The van der Waals surface area contributed by atoms with Crippen molar-refractivity contribution < 1.29 is 4.79 Å². The average Bonchev–Trinajstić information content (AvgIpc) is 2.72. The number of carbonyl (C=O) groups is 1. The van der Waals surface area contributed by atoms with Crippen LogP contribution in [0.1, 0.15) is 24.0 Å². The van der Waals surface area contributed by atoms with Gasteiger partial charge in [-0.2, -0.15) is 0 Å². The Labute approximate surface area is 121 Å². The van der Waals surface area contributed by atoms with E-state index >= 15 is 0 Å². The molecule has 0 aromatic heterocycles. The normalized spacial score (nSPS) is 24.0. The third kappa shape index (κ3) is 3.21. The molecule has 0 radical (unpaired) electrons. The SMILES string of the molecule is O=CN1CCCN(CC2CCc3ccccc3C2)CC1. The number of hydrogen-bond donors (Lipinski definition) is 0. The number of hydrogen-bond acceptors (Lipinski definition) is 2. The first kappa shape index (κ1) is 13.6. The molecule has 1 aromatic carbocycles. The zero-order valence-electron chi connectivity index (χ0n) is 12.1. The predicted molar refractivity (Wildman–Crippen MR) is 80.7 cm³/mol. The second kappa shape index (κ2) is 6.40. The van der Waals surface area contributed by atoms with Crippen LogP contribution < -0.4 is 0 Å². The summed E-state index contributed by atoms with van der Waals surface area (Å²) in [6.45, 7) is 5.20. The van der Waals surface area contributed by atoms with Crippen LogP contribution in [0, 0.1) is 5.92 Å². The fraction of sp³-hybridized carbons (Fsp3) is 0.588. The van der Waals surface area contributed by atoms with E-state index in [1.807, 2.05) is 4.90 Å². The zero-order chi connectivity index (χ0) is 13.8. The number of fused-ring (bicyclic) bond motifs is 1. The molecule has 1 heterocycles. The number of benzene rings is 1. The summed E-state index contributed by atoms with van der Waals surface area (Å²) in [5, 5.41) is 0. The number of rotatable bonds is 3. The van der Waals surface area contributed by atoms with Gasteiger partial charge in [0, 0.05) is 26.2 Å². The van der Waals surface area contributed by atoms with Crippen LogP contribution in [0.2, 0.25) is 0 Å². The fourth-order valence-corrected chi connectivity index (χ4v) is 3.57. The highest BCUT2D eigenvalue weighted by Crippen LogP contribution is 2.26. The van der Waals surface area contributed by atoms with Crippen LogP contribution >= 0.6 is 0 Å². The van der Waals surface area contributed by atoms with Crippen molar-refractivity contribution in [2.75, 3.05) is 32.7 Å². The van der Waals surface area contributed by atoms with Gasteiger partial charge >= 0.3 is 0 Å². The summed E-state index contributed by atoms with van der Waals surface area (Å²) < 4.78 is 0. The monoisotopic (exact) mass is 272 g/mol. The van der Waals surface area contributed by atoms with Crippen molar-refractivity contribution in [1.29, 1.82) is 0 Å². The Bertz CT molecular complexity index is 460. The highest BCUT2D eigenvalue weighted by Gasteiger charge is 2.22. The first-order chi connectivity index (χ1) is 9.85. The van der Waals surface area contributed by atoms with Gasteiger partial charge in [0.25, 0.3) is 0 Å². The molecule has 3 rings (SSSR count). The van der Waals surface area contributed by atoms with Crippen molar-refractivity contribution in [2.45, 2.75) is 25.7 Å². The molecule has 3 heteroatoms. The summed E-state index contributed by atoms with van der Waals surface area (Å²) in [5.74, 6) is 0.785. The first-order valence-electron chi connectivity index (χ1n) is 7.83. The van der Waals surface area contributed by atoms with E-state index in [-0.39, 0.29) is 0 Å². The summed E-state index contributed by atoms with van der Waals surface area (Å²) >= 11 is 0. The Hall–Kier alpha value is -1.35. The molecule has 2 aliphatic rings. The molecule has 108 valence electrons. The van der Waals surface area contributed by atoms with Gasteiger partial charge in [-0.05, 0) is 49.3 Å². The third-order valence-electron chi connectivity index (χ3n) is 4.74. The minimum Gasteiger partial charge on any atom is -0.344 e. The van der Waals surface area contributed by atoms with Crippen LogP contribution in [-0.4, -0.2) is 48.9 Å². The number of carbonyl (C=O) groups excluding carboxylic acids is 1. The molecule has 1 aromatic rings. The summed E-state index contributed by atoms with van der Waals surface area (Å²) in [7, 11) is 0. The molecular weight excluding hydrogens is 248 g/mol. The number of nitrogens with zero attached hydrogens (tertiary/aromatic N) is 2. The predicted octanol–water partition coefficient (Wildman–Crippen LogP) is 1.96. The second-order valence-corrected chi connectivity index (χ2v) is 6.17. The van der Waals surface area contributed by atoms with Crippen LogP contribution in [-0.2, 0) is 17.6 Å². The van der Waals surface area contributed by atoms with Crippen molar-refractivity contribution in [3.05, 3.63) is 35.4 Å². The molecule has 0 spiro atoms. The van der Waals surface area contributed by atoms with Crippen LogP contribution in [0.25, 0.3) is 0 Å². The quantitative estimate of drug-likeness (QED) is 0.785. The second-order valence-electron chi connectivity index (χ2n) is 6.17. The standard InChI is InChI=1S/C17H24N2O/c20-14-19-9-3-8-18(10-11-19)13-15-6-7-16-4-1-2-5-17(16)12-15/h1-2,4-5,14-15H,3,6-13H2. The van der Waals surface area contributed by atoms with E-state index in [0.717, 1.165) is 44.9 Å². The molecule has 0 bridgehead atoms. The molecule has 1 atom stereocenters. The van der Waals surface area contributed by atoms with Gasteiger partial charge in [-0.3, -0.25) is 4.79 Å². The van der Waals surface area contributed by atoms with Gasteiger partial charge in [0.1, 0.15) is 0 Å². The molecule has 1 amide bonds. The van der Waals surface area contributed by atoms with E-state index < -0.39 is 0 Å². The van der Waals surface area contributed by atoms with E-state index in [9.17, 15) is 4.79 Å². The van der Waals surface area contributed by atoms with Gasteiger partial charge in [0.15, 0.2) is 0 Å². The zero-order valence-corrected chi connectivity index (χ0v) is 12.1.